The van der Waals surface area contributed by atoms with E-state index in [1.54, 1.807) is 17.9 Å². The highest BCUT2D eigenvalue weighted by molar-refractivity contribution is 6.06. The summed E-state index contributed by atoms with van der Waals surface area (Å²) in [5, 5.41) is 18.2. The number of carbonyl (C=O) groups is 1. The Hall–Kier alpha value is -4.08. The van der Waals surface area contributed by atoms with E-state index in [1.807, 2.05) is 50.2 Å². The second-order valence-corrected chi connectivity index (χ2v) is 8.36. The predicted octanol–water partition coefficient (Wildman–Crippen LogP) is 4.58. The first kappa shape index (κ1) is 25.0. The molecule has 0 saturated heterocycles. The van der Waals surface area contributed by atoms with Crippen LogP contribution in [-0.2, 0) is 4.79 Å². The second kappa shape index (κ2) is 11.6. The number of unbranched alkanes of at least 4 members (excludes halogenated alkanes) is 2. The lowest BCUT2D eigenvalue weighted by Gasteiger charge is -2.28. The first-order valence-electron chi connectivity index (χ1n) is 12.2. The number of methoxy groups -OCH3 is 1. The van der Waals surface area contributed by atoms with Crippen LogP contribution in [0.15, 0.2) is 53.7 Å². The molecule has 0 bridgehead atoms. The van der Waals surface area contributed by atoms with Gasteiger partial charge in [0.15, 0.2) is 11.5 Å². The molecular weight excluding hydrogens is 460 g/mol. The van der Waals surface area contributed by atoms with Crippen LogP contribution in [0.3, 0.4) is 0 Å². The molecule has 1 atom stereocenters. The number of hydrogen-bond donors (Lipinski definition) is 2. The summed E-state index contributed by atoms with van der Waals surface area (Å²) in [6.45, 7) is 6.98. The maximum absolute atomic E-state index is 13.7. The number of ether oxygens (including phenoxy) is 3. The van der Waals surface area contributed by atoms with Crippen molar-refractivity contribution in [2.75, 3.05) is 31.0 Å². The number of carbonyl (C=O) groups excluding carboxylic acids is 1. The molecule has 0 spiro atoms. The molecule has 0 saturated carbocycles. The van der Waals surface area contributed by atoms with E-state index in [1.165, 1.54) is 0 Å². The summed E-state index contributed by atoms with van der Waals surface area (Å²) in [6.07, 6.45) is 3.20. The minimum Gasteiger partial charge on any atom is -0.493 e. The quantitative estimate of drug-likeness (QED) is 0.374. The molecule has 10 heteroatoms. The lowest BCUT2D eigenvalue weighted by molar-refractivity contribution is -0.113. The average molecular weight is 493 g/mol. The van der Waals surface area contributed by atoms with Gasteiger partial charge in [0, 0.05) is 5.70 Å². The zero-order valence-electron chi connectivity index (χ0n) is 21.1. The number of nitrogens with zero attached hydrogens (tertiary/aromatic N) is 4. The number of rotatable bonds is 11. The number of nitrogens with one attached hydrogen (secondary N) is 2. The van der Waals surface area contributed by atoms with Crippen LogP contribution >= 0.6 is 0 Å². The van der Waals surface area contributed by atoms with Crippen LogP contribution < -0.4 is 24.8 Å². The van der Waals surface area contributed by atoms with Gasteiger partial charge in [0.05, 0.1) is 31.6 Å². The maximum Gasteiger partial charge on any atom is 0.255 e. The van der Waals surface area contributed by atoms with Crippen molar-refractivity contribution in [1.29, 1.82) is 0 Å². The van der Waals surface area contributed by atoms with Crippen molar-refractivity contribution in [2.45, 2.75) is 46.1 Å². The van der Waals surface area contributed by atoms with E-state index in [9.17, 15) is 4.79 Å². The molecular formula is C26H32N6O4. The number of para-hydroxylation sites is 2. The predicted molar refractivity (Wildman–Crippen MR) is 137 cm³/mol. The number of benzene rings is 2. The minimum atomic E-state index is -0.585. The molecule has 2 aromatic carbocycles. The largest absolute Gasteiger partial charge is 0.493 e. The van der Waals surface area contributed by atoms with Gasteiger partial charge in [-0.3, -0.25) is 4.79 Å². The Morgan fingerprint density at radius 1 is 1.08 bits per heavy atom. The number of tetrazole rings is 1. The van der Waals surface area contributed by atoms with Crippen molar-refractivity contribution in [2.24, 2.45) is 0 Å². The van der Waals surface area contributed by atoms with Crippen molar-refractivity contribution >= 4 is 17.5 Å². The zero-order chi connectivity index (χ0) is 25.5. The normalized spacial score (nSPS) is 14.6. The molecule has 36 heavy (non-hydrogen) atoms. The Labute approximate surface area is 210 Å². The summed E-state index contributed by atoms with van der Waals surface area (Å²) in [6, 6.07) is 12.4. The Kier molecular flexibility index (Phi) is 8.04. The molecule has 4 rings (SSSR count). The number of anilines is 2. The van der Waals surface area contributed by atoms with Crippen LogP contribution in [0.4, 0.5) is 11.6 Å². The van der Waals surface area contributed by atoms with Crippen LogP contribution in [0.5, 0.6) is 17.2 Å². The number of aromatic nitrogens is 4. The monoisotopic (exact) mass is 492 g/mol. The Morgan fingerprint density at radius 2 is 1.92 bits per heavy atom. The maximum atomic E-state index is 13.7. The molecule has 1 unspecified atom stereocenters. The SMILES string of the molecule is CCCCCOc1ccc(C2C(C(=O)Nc3ccccc3OCC)=C(C)Nc3nnnn32)cc1OC. The number of fused-ring (bicyclic) bond motifs is 1. The molecule has 2 N–H and O–H groups in total. The van der Waals surface area contributed by atoms with Crippen molar-refractivity contribution in [3.63, 3.8) is 0 Å². The van der Waals surface area contributed by atoms with E-state index in [-0.39, 0.29) is 5.91 Å². The van der Waals surface area contributed by atoms with Crippen LogP contribution in [0.1, 0.15) is 51.6 Å². The van der Waals surface area contributed by atoms with Crippen LogP contribution in [0, 0.1) is 0 Å². The highest BCUT2D eigenvalue weighted by Crippen LogP contribution is 2.39. The van der Waals surface area contributed by atoms with Gasteiger partial charge in [-0.1, -0.05) is 43.1 Å². The first-order valence-corrected chi connectivity index (χ1v) is 12.2. The van der Waals surface area contributed by atoms with E-state index in [2.05, 4.69) is 33.1 Å². The molecule has 1 amide bonds. The third-order valence-corrected chi connectivity index (χ3v) is 5.90. The highest BCUT2D eigenvalue weighted by atomic mass is 16.5. The van der Waals surface area contributed by atoms with E-state index in [0.717, 1.165) is 24.8 Å². The molecule has 2 heterocycles. The fourth-order valence-corrected chi connectivity index (χ4v) is 4.16. The van der Waals surface area contributed by atoms with Crippen molar-refractivity contribution in [3.05, 3.63) is 59.3 Å². The highest BCUT2D eigenvalue weighted by Gasteiger charge is 2.35. The molecule has 0 fully saturated rings. The summed E-state index contributed by atoms with van der Waals surface area (Å²) >= 11 is 0. The van der Waals surface area contributed by atoms with Gasteiger partial charge in [0.1, 0.15) is 11.8 Å². The Balaban J connectivity index is 1.68. The lowest BCUT2D eigenvalue weighted by Crippen LogP contribution is -2.31. The lowest BCUT2D eigenvalue weighted by atomic mass is 9.94. The van der Waals surface area contributed by atoms with Gasteiger partial charge in [-0.25, -0.2) is 0 Å². The Bertz CT molecular complexity index is 1240. The van der Waals surface area contributed by atoms with Gasteiger partial charge in [0.2, 0.25) is 5.95 Å². The van der Waals surface area contributed by atoms with Crippen molar-refractivity contribution in [3.8, 4) is 17.2 Å². The molecule has 10 nitrogen and oxygen atoms in total. The summed E-state index contributed by atoms with van der Waals surface area (Å²) in [4.78, 5) is 13.7. The minimum absolute atomic E-state index is 0.294. The number of amides is 1. The third kappa shape index (κ3) is 5.27. The molecule has 190 valence electrons. The molecule has 1 aliphatic heterocycles. The molecule has 0 radical (unpaired) electrons. The summed E-state index contributed by atoms with van der Waals surface area (Å²) in [5.74, 6) is 1.98. The summed E-state index contributed by atoms with van der Waals surface area (Å²) in [7, 11) is 1.60. The van der Waals surface area contributed by atoms with Crippen molar-refractivity contribution < 1.29 is 19.0 Å². The van der Waals surface area contributed by atoms with E-state index in [0.29, 0.717) is 53.4 Å². The molecule has 1 aliphatic rings. The van der Waals surface area contributed by atoms with Gasteiger partial charge >= 0.3 is 0 Å². The fourth-order valence-electron chi connectivity index (χ4n) is 4.16. The first-order chi connectivity index (χ1) is 17.6. The topological polar surface area (TPSA) is 112 Å². The number of allylic oxidation sites excluding steroid dienone is 1. The van der Waals surface area contributed by atoms with Crippen LogP contribution in [0.2, 0.25) is 0 Å². The van der Waals surface area contributed by atoms with E-state index < -0.39 is 6.04 Å². The van der Waals surface area contributed by atoms with E-state index >= 15 is 0 Å². The smallest absolute Gasteiger partial charge is 0.255 e. The van der Waals surface area contributed by atoms with E-state index in [4.69, 9.17) is 14.2 Å². The fraction of sp³-hybridized carbons (Fsp3) is 0.385. The van der Waals surface area contributed by atoms with Gasteiger partial charge in [-0.2, -0.15) is 4.68 Å². The molecule has 1 aromatic heterocycles. The molecule has 0 aliphatic carbocycles. The molecule has 3 aromatic rings. The van der Waals surface area contributed by atoms with Crippen molar-refractivity contribution in [1.82, 2.24) is 20.2 Å². The third-order valence-electron chi connectivity index (χ3n) is 5.90. The van der Waals surface area contributed by atoms with Gasteiger partial charge in [-0.05, 0) is 60.5 Å². The van der Waals surface area contributed by atoms with Gasteiger partial charge in [0.25, 0.3) is 5.91 Å². The van der Waals surface area contributed by atoms with Gasteiger partial charge < -0.3 is 24.8 Å². The zero-order valence-corrected chi connectivity index (χ0v) is 21.1. The number of hydrogen-bond acceptors (Lipinski definition) is 8. The van der Waals surface area contributed by atoms with Crippen LogP contribution in [-0.4, -0.2) is 46.4 Å². The second-order valence-electron chi connectivity index (χ2n) is 8.36. The average Bonchev–Trinajstić information content (AvgIpc) is 3.35. The summed E-state index contributed by atoms with van der Waals surface area (Å²) in [5.41, 5.74) is 2.48. The van der Waals surface area contributed by atoms with Crippen LogP contribution in [0.25, 0.3) is 0 Å². The standard InChI is InChI=1S/C26H32N6O4/c1-5-7-10-15-36-21-14-13-18(16-22(21)34-4)24-23(17(3)27-26-29-30-31-32(24)26)25(33)28-19-11-8-9-12-20(19)35-6-2/h8-9,11-14,16,24H,5-7,10,15H2,1-4H3,(H,28,33)(H,27,29,31). The Morgan fingerprint density at radius 3 is 2.69 bits per heavy atom. The van der Waals surface area contributed by atoms with Gasteiger partial charge in [-0.15, -0.1) is 0 Å². The summed E-state index contributed by atoms with van der Waals surface area (Å²) < 4.78 is 18.9.